The number of aromatic nitrogens is 3. The molecule has 15 heavy (non-hydrogen) atoms. The van der Waals surface area contributed by atoms with E-state index < -0.39 is 0 Å². The van der Waals surface area contributed by atoms with Gasteiger partial charge in [-0.25, -0.2) is 0 Å². The highest BCUT2D eigenvalue weighted by Gasteiger charge is 2.04. The molecule has 0 saturated heterocycles. The predicted octanol–water partition coefficient (Wildman–Crippen LogP) is 1.34. The third kappa shape index (κ3) is 1.89. The second-order valence-electron chi connectivity index (χ2n) is 3.67. The number of benzene rings is 1. The van der Waals surface area contributed by atoms with E-state index in [0.717, 1.165) is 11.5 Å². The van der Waals surface area contributed by atoms with E-state index in [0.29, 0.717) is 6.54 Å². The van der Waals surface area contributed by atoms with Gasteiger partial charge < -0.3 is 5.73 Å². The van der Waals surface area contributed by atoms with Crippen LogP contribution in [0.2, 0.25) is 0 Å². The first-order valence-electron chi connectivity index (χ1n) is 4.88. The minimum Gasteiger partial charge on any atom is -0.324 e. The number of aryl methyl sites for hydroxylation is 2. The number of hydrogen-bond acceptors (Lipinski definition) is 3. The quantitative estimate of drug-likeness (QED) is 0.799. The van der Waals surface area contributed by atoms with Gasteiger partial charge in [0.1, 0.15) is 6.33 Å². The zero-order valence-corrected chi connectivity index (χ0v) is 8.94. The largest absolute Gasteiger partial charge is 0.324 e. The van der Waals surface area contributed by atoms with Crippen molar-refractivity contribution in [1.29, 1.82) is 0 Å². The Balaban J connectivity index is 2.53. The SMILES string of the molecule is Cc1cc(C)cc(-n2cnnc2CN)c1. The Labute approximate surface area is 88.8 Å². The molecule has 1 aromatic carbocycles. The maximum atomic E-state index is 5.59. The lowest BCUT2D eigenvalue weighted by atomic mass is 10.1. The molecule has 4 nitrogen and oxygen atoms in total. The summed E-state index contributed by atoms with van der Waals surface area (Å²) in [5.74, 6) is 0.778. The molecule has 1 heterocycles. The van der Waals surface area contributed by atoms with Crippen LogP contribution in [0, 0.1) is 13.8 Å². The summed E-state index contributed by atoms with van der Waals surface area (Å²) in [5, 5.41) is 7.82. The molecule has 1 aromatic heterocycles. The Kier molecular flexibility index (Phi) is 2.51. The molecule has 0 aliphatic carbocycles. The first kappa shape index (κ1) is 9.86. The standard InChI is InChI=1S/C11H14N4/c1-8-3-9(2)5-10(4-8)15-7-13-14-11(15)6-12/h3-5,7H,6,12H2,1-2H3. The number of hydrogen-bond donors (Lipinski definition) is 1. The molecular weight excluding hydrogens is 188 g/mol. The van der Waals surface area contributed by atoms with Crippen LogP contribution in [-0.2, 0) is 6.54 Å². The third-order valence-electron chi connectivity index (χ3n) is 2.29. The van der Waals surface area contributed by atoms with Crippen molar-refractivity contribution in [2.24, 2.45) is 5.73 Å². The summed E-state index contributed by atoms with van der Waals surface area (Å²) in [6, 6.07) is 6.32. The van der Waals surface area contributed by atoms with E-state index >= 15 is 0 Å². The van der Waals surface area contributed by atoms with E-state index in [1.807, 2.05) is 4.57 Å². The van der Waals surface area contributed by atoms with E-state index in [-0.39, 0.29) is 0 Å². The summed E-state index contributed by atoms with van der Waals surface area (Å²) in [7, 11) is 0. The van der Waals surface area contributed by atoms with E-state index in [1.165, 1.54) is 11.1 Å². The van der Waals surface area contributed by atoms with Gasteiger partial charge in [0.2, 0.25) is 0 Å². The Morgan fingerprint density at radius 2 is 1.87 bits per heavy atom. The van der Waals surface area contributed by atoms with Crippen molar-refractivity contribution in [1.82, 2.24) is 14.8 Å². The lowest BCUT2D eigenvalue weighted by molar-refractivity contribution is 0.858. The Morgan fingerprint density at radius 3 is 2.47 bits per heavy atom. The predicted molar refractivity (Wildman–Crippen MR) is 58.7 cm³/mol. The second kappa shape index (κ2) is 3.82. The molecule has 0 bridgehead atoms. The molecule has 2 N–H and O–H groups in total. The summed E-state index contributed by atoms with van der Waals surface area (Å²) in [4.78, 5) is 0. The zero-order valence-electron chi connectivity index (χ0n) is 8.94. The van der Waals surface area contributed by atoms with E-state index in [2.05, 4.69) is 42.2 Å². The monoisotopic (exact) mass is 202 g/mol. The first-order valence-corrected chi connectivity index (χ1v) is 4.88. The molecule has 0 radical (unpaired) electrons. The number of nitrogens with two attached hydrogens (primary N) is 1. The molecule has 0 aliphatic heterocycles. The fourth-order valence-electron chi connectivity index (χ4n) is 1.70. The number of rotatable bonds is 2. The lowest BCUT2D eigenvalue weighted by Crippen LogP contribution is -2.06. The van der Waals surface area contributed by atoms with Crippen molar-refractivity contribution in [3.63, 3.8) is 0 Å². The Hall–Kier alpha value is -1.68. The molecule has 0 unspecified atom stereocenters. The maximum Gasteiger partial charge on any atom is 0.151 e. The maximum absolute atomic E-state index is 5.59. The molecule has 2 rings (SSSR count). The van der Waals surface area contributed by atoms with Crippen LogP contribution < -0.4 is 5.73 Å². The van der Waals surface area contributed by atoms with Crippen LogP contribution in [0.5, 0.6) is 0 Å². The van der Waals surface area contributed by atoms with E-state index in [1.54, 1.807) is 6.33 Å². The van der Waals surface area contributed by atoms with Crippen molar-refractivity contribution < 1.29 is 0 Å². The van der Waals surface area contributed by atoms with Crippen LogP contribution in [0.4, 0.5) is 0 Å². The molecular formula is C11H14N4. The smallest absolute Gasteiger partial charge is 0.151 e. The topological polar surface area (TPSA) is 56.7 Å². The first-order chi connectivity index (χ1) is 7.20. The van der Waals surface area contributed by atoms with Crippen molar-refractivity contribution in [3.8, 4) is 5.69 Å². The molecule has 0 atom stereocenters. The van der Waals surface area contributed by atoms with Crippen LogP contribution in [-0.4, -0.2) is 14.8 Å². The third-order valence-corrected chi connectivity index (χ3v) is 2.29. The minimum atomic E-state index is 0.396. The van der Waals surface area contributed by atoms with Gasteiger partial charge in [0.25, 0.3) is 0 Å². The van der Waals surface area contributed by atoms with Crippen molar-refractivity contribution in [2.75, 3.05) is 0 Å². The van der Waals surface area contributed by atoms with E-state index in [4.69, 9.17) is 5.73 Å². The molecule has 78 valence electrons. The van der Waals surface area contributed by atoms with E-state index in [9.17, 15) is 0 Å². The summed E-state index contributed by atoms with van der Waals surface area (Å²) in [6.45, 7) is 4.54. The summed E-state index contributed by atoms with van der Waals surface area (Å²) >= 11 is 0. The van der Waals surface area contributed by atoms with Crippen molar-refractivity contribution >= 4 is 0 Å². The van der Waals surface area contributed by atoms with Crippen LogP contribution in [0.3, 0.4) is 0 Å². The Bertz CT molecular complexity index is 453. The summed E-state index contributed by atoms with van der Waals surface area (Å²) < 4.78 is 1.92. The van der Waals surface area contributed by atoms with Gasteiger partial charge in [-0.1, -0.05) is 6.07 Å². The highest BCUT2D eigenvalue weighted by Crippen LogP contribution is 2.14. The lowest BCUT2D eigenvalue weighted by Gasteiger charge is -2.07. The van der Waals surface area contributed by atoms with Gasteiger partial charge in [0.05, 0.1) is 6.54 Å². The van der Waals surface area contributed by atoms with Gasteiger partial charge in [-0.2, -0.15) is 0 Å². The van der Waals surface area contributed by atoms with Gasteiger partial charge in [-0.05, 0) is 37.1 Å². The molecule has 0 aliphatic rings. The fourth-order valence-corrected chi connectivity index (χ4v) is 1.70. The van der Waals surface area contributed by atoms with Crippen molar-refractivity contribution in [2.45, 2.75) is 20.4 Å². The van der Waals surface area contributed by atoms with Gasteiger partial charge in [-0.15, -0.1) is 10.2 Å². The molecule has 0 amide bonds. The highest BCUT2D eigenvalue weighted by molar-refractivity contribution is 5.39. The van der Waals surface area contributed by atoms with Gasteiger partial charge >= 0.3 is 0 Å². The van der Waals surface area contributed by atoms with Gasteiger partial charge in [-0.3, -0.25) is 4.57 Å². The number of nitrogens with zero attached hydrogens (tertiary/aromatic N) is 3. The molecule has 0 spiro atoms. The zero-order chi connectivity index (χ0) is 10.8. The average molecular weight is 202 g/mol. The second-order valence-corrected chi connectivity index (χ2v) is 3.67. The normalized spacial score (nSPS) is 10.6. The Morgan fingerprint density at radius 1 is 1.20 bits per heavy atom. The molecule has 4 heteroatoms. The van der Waals surface area contributed by atoms with Gasteiger partial charge in [0.15, 0.2) is 5.82 Å². The summed E-state index contributed by atoms with van der Waals surface area (Å²) in [5.41, 5.74) is 9.10. The van der Waals surface area contributed by atoms with Crippen LogP contribution in [0.15, 0.2) is 24.5 Å². The fraction of sp³-hybridized carbons (Fsp3) is 0.273. The molecule has 2 aromatic rings. The van der Waals surface area contributed by atoms with Crippen LogP contribution >= 0.6 is 0 Å². The average Bonchev–Trinajstić information content (AvgIpc) is 2.63. The van der Waals surface area contributed by atoms with Crippen LogP contribution in [0.25, 0.3) is 5.69 Å². The summed E-state index contributed by atoms with van der Waals surface area (Å²) in [6.07, 6.45) is 1.69. The van der Waals surface area contributed by atoms with Gasteiger partial charge in [0, 0.05) is 5.69 Å². The highest BCUT2D eigenvalue weighted by atomic mass is 15.3. The van der Waals surface area contributed by atoms with Crippen LogP contribution in [0.1, 0.15) is 17.0 Å². The van der Waals surface area contributed by atoms with Crippen molar-refractivity contribution in [3.05, 3.63) is 41.5 Å². The molecule has 0 fully saturated rings. The molecule has 0 saturated carbocycles. The minimum absolute atomic E-state index is 0.396.